The summed E-state index contributed by atoms with van der Waals surface area (Å²) in [7, 11) is 2.14. The molecule has 0 radical (unpaired) electrons. The number of ether oxygens (including phenoxy) is 2. The van der Waals surface area contributed by atoms with Gasteiger partial charge >= 0.3 is 17.9 Å². The SMILES string of the molecule is COC(=O)C(C(=O)OC)[C@@H](C)[C@H](NC(=O)c1cccc2cccnc12)C(=O)O. The van der Waals surface area contributed by atoms with Gasteiger partial charge in [0.1, 0.15) is 6.04 Å². The first-order valence-electron chi connectivity index (χ1n) is 8.34. The highest BCUT2D eigenvalue weighted by Gasteiger charge is 2.42. The molecule has 0 saturated heterocycles. The van der Waals surface area contributed by atoms with E-state index in [1.165, 1.54) is 19.2 Å². The van der Waals surface area contributed by atoms with Crippen LogP contribution in [0.4, 0.5) is 0 Å². The molecule has 0 aliphatic heterocycles. The van der Waals surface area contributed by atoms with Crippen LogP contribution in [0.3, 0.4) is 0 Å². The second-order valence-electron chi connectivity index (χ2n) is 6.05. The van der Waals surface area contributed by atoms with Crippen LogP contribution < -0.4 is 5.32 Å². The van der Waals surface area contributed by atoms with E-state index >= 15 is 0 Å². The Kier molecular flexibility index (Phi) is 6.64. The van der Waals surface area contributed by atoms with Gasteiger partial charge in [0.15, 0.2) is 5.92 Å². The number of benzene rings is 1. The Hall–Kier alpha value is -3.49. The number of amides is 1. The standard InChI is InChI=1S/C19H20N2O7/c1-10(13(18(25)27-2)19(26)28-3)14(17(23)24)21-16(22)12-8-4-6-11-7-5-9-20-15(11)12/h4-10,13-14H,1-3H3,(H,21,22)(H,23,24)/t10-,14+/m1/s1. The largest absolute Gasteiger partial charge is 0.480 e. The van der Waals surface area contributed by atoms with Crippen molar-refractivity contribution in [3.8, 4) is 0 Å². The predicted octanol–water partition coefficient (Wildman–Crippen LogP) is 1.02. The lowest BCUT2D eigenvalue weighted by atomic mass is 9.87. The average molecular weight is 388 g/mol. The fraction of sp³-hybridized carbons (Fsp3) is 0.316. The number of carboxylic acids is 1. The fourth-order valence-electron chi connectivity index (χ4n) is 2.90. The maximum atomic E-state index is 12.7. The quantitative estimate of drug-likeness (QED) is 0.531. The molecule has 2 atom stereocenters. The van der Waals surface area contributed by atoms with Crippen LogP contribution in [0.15, 0.2) is 36.5 Å². The third-order valence-electron chi connectivity index (χ3n) is 4.39. The van der Waals surface area contributed by atoms with E-state index in [0.29, 0.717) is 10.9 Å². The Labute approximate surface area is 160 Å². The number of rotatable bonds is 7. The third kappa shape index (κ3) is 4.25. The van der Waals surface area contributed by atoms with Crippen LogP contribution in [0, 0.1) is 11.8 Å². The van der Waals surface area contributed by atoms with Crippen LogP contribution in [0.2, 0.25) is 0 Å². The molecule has 1 aromatic heterocycles. The molecular weight excluding hydrogens is 368 g/mol. The molecule has 28 heavy (non-hydrogen) atoms. The molecule has 1 aromatic carbocycles. The fourth-order valence-corrected chi connectivity index (χ4v) is 2.90. The molecule has 0 aliphatic carbocycles. The molecule has 0 saturated carbocycles. The summed E-state index contributed by atoms with van der Waals surface area (Å²) in [6, 6.07) is 6.84. The number of para-hydroxylation sites is 1. The van der Waals surface area contributed by atoms with Gasteiger partial charge in [-0.25, -0.2) is 4.79 Å². The highest BCUT2D eigenvalue weighted by Crippen LogP contribution is 2.21. The van der Waals surface area contributed by atoms with Gasteiger partial charge in [-0.3, -0.25) is 19.4 Å². The van der Waals surface area contributed by atoms with Crippen molar-refractivity contribution in [2.45, 2.75) is 13.0 Å². The maximum absolute atomic E-state index is 12.7. The number of hydrogen-bond acceptors (Lipinski definition) is 7. The topological polar surface area (TPSA) is 132 Å². The minimum absolute atomic E-state index is 0.171. The number of nitrogens with one attached hydrogen (secondary N) is 1. The zero-order chi connectivity index (χ0) is 20.8. The van der Waals surface area contributed by atoms with E-state index in [1.54, 1.807) is 24.3 Å². The Morgan fingerprint density at radius 2 is 1.64 bits per heavy atom. The van der Waals surface area contributed by atoms with Crippen molar-refractivity contribution in [1.29, 1.82) is 0 Å². The summed E-state index contributed by atoms with van der Waals surface area (Å²) < 4.78 is 9.16. The minimum Gasteiger partial charge on any atom is -0.480 e. The first-order valence-corrected chi connectivity index (χ1v) is 8.34. The zero-order valence-corrected chi connectivity index (χ0v) is 15.5. The monoisotopic (exact) mass is 388 g/mol. The van der Waals surface area contributed by atoms with Gasteiger partial charge in [-0.1, -0.05) is 25.1 Å². The van der Waals surface area contributed by atoms with Gasteiger partial charge in [-0.2, -0.15) is 0 Å². The van der Waals surface area contributed by atoms with Crippen molar-refractivity contribution in [2.75, 3.05) is 14.2 Å². The second-order valence-corrected chi connectivity index (χ2v) is 6.05. The number of hydrogen-bond donors (Lipinski definition) is 2. The summed E-state index contributed by atoms with van der Waals surface area (Å²) in [5.74, 6) is -6.66. The van der Waals surface area contributed by atoms with E-state index in [9.17, 15) is 24.3 Å². The molecule has 2 aromatic rings. The van der Waals surface area contributed by atoms with Gasteiger partial charge in [0, 0.05) is 17.5 Å². The molecule has 2 N–H and O–H groups in total. The number of carbonyl (C=O) groups is 4. The van der Waals surface area contributed by atoms with Crippen molar-refractivity contribution >= 4 is 34.7 Å². The van der Waals surface area contributed by atoms with Crippen molar-refractivity contribution in [2.24, 2.45) is 11.8 Å². The number of carbonyl (C=O) groups excluding carboxylic acids is 3. The average Bonchev–Trinajstić information content (AvgIpc) is 2.70. The van der Waals surface area contributed by atoms with E-state index in [0.717, 1.165) is 14.2 Å². The van der Waals surface area contributed by atoms with E-state index in [2.05, 4.69) is 19.8 Å². The Morgan fingerprint density at radius 1 is 1.04 bits per heavy atom. The highest BCUT2D eigenvalue weighted by molar-refractivity contribution is 6.06. The maximum Gasteiger partial charge on any atom is 0.326 e. The number of aromatic nitrogens is 1. The van der Waals surface area contributed by atoms with Crippen LogP contribution in [0.5, 0.6) is 0 Å². The second kappa shape index (κ2) is 8.94. The third-order valence-corrected chi connectivity index (χ3v) is 4.39. The Bertz CT molecular complexity index is 891. The first-order chi connectivity index (χ1) is 13.3. The number of methoxy groups -OCH3 is 2. The molecule has 9 nitrogen and oxygen atoms in total. The predicted molar refractivity (Wildman–Crippen MR) is 97.3 cm³/mol. The summed E-state index contributed by atoms with van der Waals surface area (Å²) in [4.78, 5) is 52.6. The number of aliphatic carboxylic acids is 1. The van der Waals surface area contributed by atoms with Crippen LogP contribution in [0.25, 0.3) is 10.9 Å². The lowest BCUT2D eigenvalue weighted by molar-refractivity contribution is -0.162. The molecule has 0 fully saturated rings. The van der Waals surface area contributed by atoms with E-state index < -0.39 is 41.7 Å². The number of pyridine rings is 1. The molecule has 0 bridgehead atoms. The normalized spacial score (nSPS) is 12.9. The Balaban J connectivity index is 2.35. The van der Waals surface area contributed by atoms with Gasteiger partial charge in [0.25, 0.3) is 5.91 Å². The molecule has 2 rings (SSSR count). The summed E-state index contributed by atoms with van der Waals surface area (Å²) in [5, 5.41) is 12.7. The van der Waals surface area contributed by atoms with Crippen LogP contribution in [-0.2, 0) is 23.9 Å². The van der Waals surface area contributed by atoms with Gasteiger partial charge < -0.3 is 19.9 Å². The van der Waals surface area contributed by atoms with E-state index in [-0.39, 0.29) is 5.56 Å². The molecule has 0 spiro atoms. The van der Waals surface area contributed by atoms with E-state index in [1.807, 2.05) is 0 Å². The van der Waals surface area contributed by atoms with Crippen LogP contribution in [-0.4, -0.2) is 54.2 Å². The van der Waals surface area contributed by atoms with Gasteiger partial charge in [0.2, 0.25) is 0 Å². The van der Waals surface area contributed by atoms with Gasteiger partial charge in [-0.15, -0.1) is 0 Å². The molecule has 148 valence electrons. The van der Waals surface area contributed by atoms with Gasteiger partial charge in [-0.05, 0) is 12.1 Å². The lowest BCUT2D eigenvalue weighted by Crippen LogP contribution is -2.50. The molecule has 1 amide bonds. The number of esters is 2. The number of carboxylic acid groups (broad SMARTS) is 1. The van der Waals surface area contributed by atoms with Crippen molar-refractivity contribution in [3.05, 3.63) is 42.1 Å². The highest BCUT2D eigenvalue weighted by atomic mass is 16.5. The molecule has 0 unspecified atom stereocenters. The Morgan fingerprint density at radius 3 is 2.21 bits per heavy atom. The lowest BCUT2D eigenvalue weighted by Gasteiger charge is -2.26. The summed E-state index contributed by atoms with van der Waals surface area (Å²) in [5.41, 5.74) is 0.570. The van der Waals surface area contributed by atoms with Crippen molar-refractivity contribution in [1.82, 2.24) is 10.3 Å². The van der Waals surface area contributed by atoms with E-state index in [4.69, 9.17) is 0 Å². The zero-order valence-electron chi connectivity index (χ0n) is 15.5. The van der Waals surface area contributed by atoms with Gasteiger partial charge in [0.05, 0.1) is 25.3 Å². The molecule has 1 heterocycles. The molecule has 9 heteroatoms. The van der Waals surface area contributed by atoms with Crippen LogP contribution in [0.1, 0.15) is 17.3 Å². The summed E-state index contributed by atoms with van der Waals surface area (Å²) in [6.45, 7) is 1.35. The molecular formula is C19H20N2O7. The first kappa shape index (κ1) is 20.8. The molecule has 0 aliphatic rings. The summed E-state index contributed by atoms with van der Waals surface area (Å²) in [6.07, 6.45) is 1.51. The smallest absolute Gasteiger partial charge is 0.326 e. The minimum atomic E-state index is -1.55. The number of fused-ring (bicyclic) bond motifs is 1. The van der Waals surface area contributed by atoms with Crippen molar-refractivity contribution < 1.29 is 33.8 Å². The summed E-state index contributed by atoms with van der Waals surface area (Å²) >= 11 is 0. The van der Waals surface area contributed by atoms with Crippen LogP contribution >= 0.6 is 0 Å². The van der Waals surface area contributed by atoms with Crippen molar-refractivity contribution in [3.63, 3.8) is 0 Å². The number of nitrogens with zero attached hydrogens (tertiary/aromatic N) is 1.